The van der Waals surface area contributed by atoms with Crippen molar-refractivity contribution in [2.75, 3.05) is 0 Å². The average molecular weight is 337 g/mol. The Bertz CT molecular complexity index is 1210. The number of alkyl halides is 3. The van der Waals surface area contributed by atoms with E-state index >= 15 is 0 Å². The fourth-order valence-electron chi connectivity index (χ4n) is 3.40. The van der Waals surface area contributed by atoms with Crippen LogP contribution < -0.4 is 0 Å². The number of fused-ring (bicyclic) bond motifs is 3. The van der Waals surface area contributed by atoms with E-state index in [1.54, 1.807) is 4.52 Å². The lowest BCUT2D eigenvalue weighted by Crippen LogP contribution is -2.04. The highest BCUT2D eigenvalue weighted by Crippen LogP contribution is 2.37. The number of rotatable bonds is 1. The van der Waals surface area contributed by atoms with Crippen LogP contribution in [0.1, 0.15) is 5.56 Å². The zero-order chi connectivity index (χ0) is 17.2. The quantitative estimate of drug-likeness (QED) is 0.423. The van der Waals surface area contributed by atoms with Gasteiger partial charge < -0.3 is 0 Å². The second-order valence-electron chi connectivity index (χ2n) is 5.95. The zero-order valence-electron chi connectivity index (χ0n) is 12.7. The molecule has 0 aliphatic carbocycles. The maximum Gasteiger partial charge on any atom is 0.416 e. The molecule has 5 aromatic rings. The van der Waals surface area contributed by atoms with Crippen molar-refractivity contribution in [1.82, 2.24) is 14.8 Å². The largest absolute Gasteiger partial charge is 0.416 e. The molecule has 0 N–H and O–H groups in total. The summed E-state index contributed by atoms with van der Waals surface area (Å²) in [5, 5.41) is 11.6. The Balaban J connectivity index is 1.80. The number of halogens is 3. The molecule has 0 aliphatic heterocycles. The molecule has 3 aromatic carbocycles. The Morgan fingerprint density at radius 2 is 1.56 bits per heavy atom. The van der Waals surface area contributed by atoms with Gasteiger partial charge in [-0.15, -0.1) is 5.10 Å². The van der Waals surface area contributed by atoms with Crippen molar-refractivity contribution < 1.29 is 13.2 Å². The minimum atomic E-state index is -4.35. The molecule has 0 aliphatic rings. The van der Waals surface area contributed by atoms with E-state index in [0.29, 0.717) is 11.3 Å². The molecule has 3 nitrogen and oxygen atoms in total. The fourth-order valence-corrected chi connectivity index (χ4v) is 3.40. The molecule has 0 unspecified atom stereocenters. The smallest absolute Gasteiger partial charge is 0.212 e. The lowest BCUT2D eigenvalue weighted by molar-refractivity contribution is -0.137. The summed E-state index contributed by atoms with van der Waals surface area (Å²) in [5.74, 6) is 0. The van der Waals surface area contributed by atoms with Crippen LogP contribution in [-0.4, -0.2) is 14.8 Å². The number of benzene rings is 3. The van der Waals surface area contributed by atoms with E-state index in [1.807, 2.05) is 36.4 Å². The van der Waals surface area contributed by atoms with Gasteiger partial charge in [-0.25, -0.2) is 4.52 Å². The number of hydrogen-bond acceptors (Lipinski definition) is 2. The van der Waals surface area contributed by atoms with Crippen LogP contribution in [0.4, 0.5) is 13.2 Å². The molecular formula is C19H10F3N3. The van der Waals surface area contributed by atoms with Crippen LogP contribution >= 0.6 is 0 Å². The Hall–Kier alpha value is -3.15. The first-order valence-electron chi connectivity index (χ1n) is 7.70. The van der Waals surface area contributed by atoms with Crippen LogP contribution in [0.3, 0.4) is 0 Å². The van der Waals surface area contributed by atoms with E-state index in [-0.39, 0.29) is 0 Å². The first-order valence-corrected chi connectivity index (χ1v) is 7.70. The highest BCUT2D eigenvalue weighted by Gasteiger charge is 2.30. The Kier molecular flexibility index (Phi) is 2.67. The predicted molar refractivity (Wildman–Crippen MR) is 89.6 cm³/mol. The van der Waals surface area contributed by atoms with Gasteiger partial charge in [0.15, 0.2) is 0 Å². The summed E-state index contributed by atoms with van der Waals surface area (Å²) >= 11 is 0. The summed E-state index contributed by atoms with van der Waals surface area (Å²) in [7, 11) is 0. The molecule has 0 spiro atoms. The first kappa shape index (κ1) is 14.2. The lowest BCUT2D eigenvalue weighted by Gasteiger charge is -2.06. The van der Waals surface area contributed by atoms with Gasteiger partial charge in [-0.2, -0.15) is 13.2 Å². The summed E-state index contributed by atoms with van der Waals surface area (Å²) in [5.41, 5.74) is 2.27. The Morgan fingerprint density at radius 3 is 2.28 bits per heavy atom. The maximum absolute atomic E-state index is 12.8. The molecule has 2 heterocycles. The molecule has 6 heteroatoms. The van der Waals surface area contributed by atoms with Gasteiger partial charge >= 0.3 is 6.18 Å². The van der Waals surface area contributed by atoms with Crippen molar-refractivity contribution >= 4 is 27.2 Å². The van der Waals surface area contributed by atoms with Crippen LogP contribution in [0.15, 0.2) is 60.7 Å². The lowest BCUT2D eigenvalue weighted by atomic mass is 10.0. The Morgan fingerprint density at radius 1 is 0.840 bits per heavy atom. The van der Waals surface area contributed by atoms with Gasteiger partial charge in [0.25, 0.3) is 0 Å². The van der Waals surface area contributed by atoms with Gasteiger partial charge in [0.1, 0.15) is 11.2 Å². The topological polar surface area (TPSA) is 30.2 Å². The molecule has 0 amide bonds. The standard InChI is InChI=1S/C19H10F3N3/c20-19(21,22)13-9-7-12(8-10-13)17-18-14-5-1-3-11-4-2-6-15(16(11)14)25(18)24-23-17/h1-10H. The summed E-state index contributed by atoms with van der Waals surface area (Å²) < 4.78 is 40.1. The van der Waals surface area contributed by atoms with Crippen molar-refractivity contribution in [3.8, 4) is 11.3 Å². The fraction of sp³-hybridized carbons (Fsp3) is 0.0526. The van der Waals surface area contributed by atoms with Gasteiger partial charge in [0.05, 0.1) is 11.1 Å². The second kappa shape index (κ2) is 4.69. The molecular weight excluding hydrogens is 327 g/mol. The molecule has 0 bridgehead atoms. The molecule has 122 valence electrons. The van der Waals surface area contributed by atoms with E-state index in [2.05, 4.69) is 10.3 Å². The van der Waals surface area contributed by atoms with Crippen LogP contribution in [0.25, 0.3) is 38.4 Å². The third-order valence-corrected chi connectivity index (χ3v) is 4.52. The maximum atomic E-state index is 12.8. The van der Waals surface area contributed by atoms with Crippen LogP contribution in [0.2, 0.25) is 0 Å². The number of nitrogens with zero attached hydrogens (tertiary/aromatic N) is 3. The molecule has 0 radical (unpaired) electrons. The Labute approximate surface area is 139 Å². The van der Waals surface area contributed by atoms with E-state index in [4.69, 9.17) is 0 Å². The average Bonchev–Trinajstić information content (AvgIpc) is 3.16. The highest BCUT2D eigenvalue weighted by atomic mass is 19.4. The van der Waals surface area contributed by atoms with Gasteiger partial charge in [-0.3, -0.25) is 0 Å². The normalized spacial score (nSPS) is 12.6. The minimum absolute atomic E-state index is 0.581. The summed E-state index contributed by atoms with van der Waals surface area (Å²) in [4.78, 5) is 0. The molecule has 5 rings (SSSR count). The summed E-state index contributed by atoms with van der Waals surface area (Å²) in [6.07, 6.45) is -4.35. The van der Waals surface area contributed by atoms with Gasteiger partial charge in [-0.05, 0) is 23.6 Å². The molecule has 2 aromatic heterocycles. The van der Waals surface area contributed by atoms with Crippen molar-refractivity contribution in [2.24, 2.45) is 0 Å². The zero-order valence-corrected chi connectivity index (χ0v) is 12.7. The molecule has 0 fully saturated rings. The highest BCUT2D eigenvalue weighted by molar-refractivity contribution is 6.18. The summed E-state index contributed by atoms with van der Waals surface area (Å²) in [6, 6.07) is 17.0. The van der Waals surface area contributed by atoms with Crippen LogP contribution in [0, 0.1) is 0 Å². The van der Waals surface area contributed by atoms with E-state index in [0.717, 1.165) is 39.3 Å². The second-order valence-corrected chi connectivity index (χ2v) is 5.95. The first-order chi connectivity index (χ1) is 12.0. The molecule has 0 atom stereocenters. The van der Waals surface area contributed by atoms with E-state index < -0.39 is 11.7 Å². The van der Waals surface area contributed by atoms with Crippen LogP contribution in [-0.2, 0) is 6.18 Å². The van der Waals surface area contributed by atoms with Crippen molar-refractivity contribution in [1.29, 1.82) is 0 Å². The minimum Gasteiger partial charge on any atom is -0.212 e. The van der Waals surface area contributed by atoms with E-state index in [1.165, 1.54) is 12.1 Å². The number of aromatic nitrogens is 3. The van der Waals surface area contributed by atoms with Crippen molar-refractivity contribution in [2.45, 2.75) is 6.18 Å². The monoisotopic (exact) mass is 337 g/mol. The van der Waals surface area contributed by atoms with Crippen LogP contribution in [0.5, 0.6) is 0 Å². The van der Waals surface area contributed by atoms with Crippen molar-refractivity contribution in [3.63, 3.8) is 0 Å². The van der Waals surface area contributed by atoms with Gasteiger partial charge in [0, 0.05) is 16.3 Å². The van der Waals surface area contributed by atoms with Gasteiger partial charge in [0.2, 0.25) is 0 Å². The summed E-state index contributed by atoms with van der Waals surface area (Å²) in [6.45, 7) is 0. The van der Waals surface area contributed by atoms with Crippen molar-refractivity contribution in [3.05, 3.63) is 66.2 Å². The number of hydrogen-bond donors (Lipinski definition) is 0. The molecule has 0 saturated carbocycles. The predicted octanol–water partition coefficient (Wildman–Crippen LogP) is 5.16. The molecule has 25 heavy (non-hydrogen) atoms. The SMILES string of the molecule is FC(F)(F)c1ccc(-c2nnn3c4cccc5cccc(c54)c23)cc1. The van der Waals surface area contributed by atoms with E-state index in [9.17, 15) is 13.2 Å². The molecule has 0 saturated heterocycles. The third kappa shape index (κ3) is 1.94. The van der Waals surface area contributed by atoms with Gasteiger partial charge in [-0.1, -0.05) is 47.7 Å². The third-order valence-electron chi connectivity index (χ3n) is 4.52.